The van der Waals surface area contributed by atoms with E-state index in [-0.39, 0.29) is 18.0 Å². The summed E-state index contributed by atoms with van der Waals surface area (Å²) in [5.74, 6) is 0.902. The lowest BCUT2D eigenvalue weighted by atomic mass is 10.0. The van der Waals surface area contributed by atoms with E-state index in [4.69, 9.17) is 0 Å². The van der Waals surface area contributed by atoms with Crippen LogP contribution in [0.2, 0.25) is 0 Å². The van der Waals surface area contributed by atoms with Crippen LogP contribution in [0, 0.1) is 5.92 Å². The maximum atomic E-state index is 12.3. The normalized spacial score (nSPS) is 12.6. The molecule has 2 amide bonds. The number of pyridine rings is 1. The van der Waals surface area contributed by atoms with Crippen molar-refractivity contribution in [1.82, 2.24) is 25.2 Å². The Morgan fingerprint density at radius 2 is 1.88 bits per heavy atom. The van der Waals surface area contributed by atoms with E-state index in [1.807, 2.05) is 85.1 Å². The van der Waals surface area contributed by atoms with E-state index in [0.29, 0.717) is 6.54 Å². The second kappa shape index (κ2) is 8.29. The smallest absolute Gasteiger partial charge is 0.315 e. The second-order valence-corrected chi connectivity index (χ2v) is 6.38. The first-order valence-corrected chi connectivity index (χ1v) is 8.71. The van der Waals surface area contributed by atoms with Crippen molar-refractivity contribution < 1.29 is 4.79 Å². The number of carbonyl (C=O) groups excluding carboxylic acids is 1. The van der Waals surface area contributed by atoms with E-state index < -0.39 is 0 Å². The Morgan fingerprint density at radius 3 is 2.65 bits per heavy atom. The van der Waals surface area contributed by atoms with Crippen molar-refractivity contribution in [3.63, 3.8) is 0 Å². The molecule has 26 heavy (non-hydrogen) atoms. The van der Waals surface area contributed by atoms with Gasteiger partial charge in [0.05, 0.1) is 6.04 Å². The third kappa shape index (κ3) is 4.27. The average molecular weight is 349 g/mol. The van der Waals surface area contributed by atoms with Crippen LogP contribution in [0.1, 0.15) is 31.3 Å². The molecule has 3 aromatic rings. The van der Waals surface area contributed by atoms with Gasteiger partial charge in [-0.25, -0.2) is 4.79 Å². The fraction of sp³-hybridized carbons (Fsp3) is 0.250. The highest BCUT2D eigenvalue weighted by Crippen LogP contribution is 2.20. The van der Waals surface area contributed by atoms with Crippen molar-refractivity contribution in [3.05, 3.63) is 72.2 Å². The molecule has 1 aromatic carbocycles. The largest absolute Gasteiger partial charge is 0.335 e. The molecule has 1 unspecified atom stereocenters. The van der Waals surface area contributed by atoms with E-state index >= 15 is 0 Å². The summed E-state index contributed by atoms with van der Waals surface area (Å²) in [4.78, 5) is 12.3. The van der Waals surface area contributed by atoms with Gasteiger partial charge in [0, 0.05) is 12.7 Å². The standard InChI is InChI=1S/C20H23N5O/c1-15(2)18(19-24-23-17-12-6-7-14-25(17)19)22-20(26)21-13-8-11-16-9-4-3-5-10-16/h3-12,14-15,18H,13H2,1-2H3,(H2,21,22,26). The van der Waals surface area contributed by atoms with Crippen molar-refractivity contribution in [2.45, 2.75) is 19.9 Å². The van der Waals surface area contributed by atoms with Gasteiger partial charge in [0.15, 0.2) is 11.5 Å². The minimum absolute atomic E-state index is 0.174. The summed E-state index contributed by atoms with van der Waals surface area (Å²) in [5, 5.41) is 14.3. The molecule has 0 aliphatic heterocycles. The van der Waals surface area contributed by atoms with Crippen molar-refractivity contribution in [1.29, 1.82) is 0 Å². The Hall–Kier alpha value is -3.15. The summed E-state index contributed by atoms with van der Waals surface area (Å²) >= 11 is 0. The number of amides is 2. The highest BCUT2D eigenvalue weighted by molar-refractivity contribution is 5.74. The molecule has 3 rings (SSSR count). The van der Waals surface area contributed by atoms with Gasteiger partial charge in [-0.1, -0.05) is 62.4 Å². The zero-order valence-electron chi connectivity index (χ0n) is 15.0. The second-order valence-electron chi connectivity index (χ2n) is 6.38. The Balaban J connectivity index is 1.61. The van der Waals surface area contributed by atoms with Gasteiger partial charge in [-0.05, 0) is 23.6 Å². The number of urea groups is 1. The fourth-order valence-corrected chi connectivity index (χ4v) is 2.70. The molecule has 2 heterocycles. The van der Waals surface area contributed by atoms with Crippen LogP contribution in [0.3, 0.4) is 0 Å². The highest BCUT2D eigenvalue weighted by atomic mass is 16.2. The lowest BCUT2D eigenvalue weighted by Gasteiger charge is -2.21. The van der Waals surface area contributed by atoms with Gasteiger partial charge in [0.25, 0.3) is 0 Å². The molecular formula is C20H23N5O. The van der Waals surface area contributed by atoms with Crippen LogP contribution < -0.4 is 10.6 Å². The molecule has 0 aliphatic carbocycles. The van der Waals surface area contributed by atoms with Crippen LogP contribution in [-0.4, -0.2) is 27.2 Å². The van der Waals surface area contributed by atoms with E-state index in [2.05, 4.69) is 20.8 Å². The molecule has 2 N–H and O–H groups in total. The number of nitrogens with zero attached hydrogens (tertiary/aromatic N) is 3. The van der Waals surface area contributed by atoms with Crippen LogP contribution in [0.15, 0.2) is 60.8 Å². The molecule has 0 radical (unpaired) electrons. The van der Waals surface area contributed by atoms with Gasteiger partial charge < -0.3 is 10.6 Å². The van der Waals surface area contributed by atoms with Crippen molar-refractivity contribution >= 4 is 17.8 Å². The Bertz CT molecular complexity index is 885. The van der Waals surface area contributed by atoms with Gasteiger partial charge in [-0.15, -0.1) is 10.2 Å². The Labute approximate surface area is 153 Å². The van der Waals surface area contributed by atoms with Crippen LogP contribution in [0.5, 0.6) is 0 Å². The van der Waals surface area contributed by atoms with Gasteiger partial charge in [-0.2, -0.15) is 0 Å². The minimum Gasteiger partial charge on any atom is -0.335 e. The van der Waals surface area contributed by atoms with Crippen LogP contribution >= 0.6 is 0 Å². The number of fused-ring (bicyclic) bond motifs is 1. The number of nitrogens with one attached hydrogen (secondary N) is 2. The quantitative estimate of drug-likeness (QED) is 0.716. The molecule has 0 aliphatic rings. The summed E-state index contributed by atoms with van der Waals surface area (Å²) < 4.78 is 1.90. The average Bonchev–Trinajstić information content (AvgIpc) is 3.08. The van der Waals surface area contributed by atoms with Gasteiger partial charge in [-0.3, -0.25) is 4.40 Å². The summed E-state index contributed by atoms with van der Waals surface area (Å²) in [6, 6.07) is 15.2. The first kappa shape index (κ1) is 17.7. The fourth-order valence-electron chi connectivity index (χ4n) is 2.70. The van der Waals surface area contributed by atoms with Gasteiger partial charge in [0.1, 0.15) is 0 Å². The molecule has 6 nitrogen and oxygen atoms in total. The Morgan fingerprint density at radius 1 is 1.12 bits per heavy atom. The minimum atomic E-state index is -0.231. The van der Waals surface area contributed by atoms with E-state index in [0.717, 1.165) is 17.0 Å². The Kier molecular flexibility index (Phi) is 5.63. The summed E-state index contributed by atoms with van der Waals surface area (Å²) in [6.45, 7) is 4.54. The molecule has 134 valence electrons. The molecule has 6 heteroatoms. The monoisotopic (exact) mass is 349 g/mol. The lowest BCUT2D eigenvalue weighted by molar-refractivity contribution is 0.233. The van der Waals surface area contributed by atoms with E-state index in [1.54, 1.807) is 0 Å². The molecule has 0 fully saturated rings. The third-order valence-corrected chi connectivity index (χ3v) is 4.06. The molecule has 2 aromatic heterocycles. The zero-order valence-corrected chi connectivity index (χ0v) is 15.0. The number of carbonyl (C=O) groups is 1. The SMILES string of the molecule is CC(C)C(NC(=O)NCC=Cc1ccccc1)c1nnc2ccccn12. The maximum absolute atomic E-state index is 12.3. The molecule has 1 atom stereocenters. The van der Waals surface area contributed by atoms with Crippen LogP contribution in [0.4, 0.5) is 4.79 Å². The summed E-state index contributed by atoms with van der Waals surface area (Å²) in [5.41, 5.74) is 1.87. The summed E-state index contributed by atoms with van der Waals surface area (Å²) in [6.07, 6.45) is 5.81. The number of benzene rings is 1. The first-order chi connectivity index (χ1) is 12.6. The predicted octanol–water partition coefficient (Wildman–Crippen LogP) is 3.44. The first-order valence-electron chi connectivity index (χ1n) is 8.71. The maximum Gasteiger partial charge on any atom is 0.315 e. The van der Waals surface area contributed by atoms with Crippen molar-refractivity contribution in [2.24, 2.45) is 5.92 Å². The molecule has 0 saturated carbocycles. The van der Waals surface area contributed by atoms with Gasteiger partial charge in [0.2, 0.25) is 0 Å². The number of hydrogen-bond donors (Lipinski definition) is 2. The number of aromatic nitrogens is 3. The summed E-state index contributed by atoms with van der Waals surface area (Å²) in [7, 11) is 0. The van der Waals surface area contributed by atoms with E-state index in [9.17, 15) is 4.79 Å². The van der Waals surface area contributed by atoms with Crippen LogP contribution in [-0.2, 0) is 0 Å². The number of rotatable bonds is 6. The van der Waals surface area contributed by atoms with Crippen LogP contribution in [0.25, 0.3) is 11.7 Å². The zero-order chi connectivity index (χ0) is 18.4. The molecule has 0 bridgehead atoms. The third-order valence-electron chi connectivity index (χ3n) is 4.06. The van der Waals surface area contributed by atoms with E-state index in [1.165, 1.54) is 0 Å². The number of hydrogen-bond acceptors (Lipinski definition) is 3. The lowest BCUT2D eigenvalue weighted by Crippen LogP contribution is -2.40. The molecular weight excluding hydrogens is 326 g/mol. The highest BCUT2D eigenvalue weighted by Gasteiger charge is 2.23. The molecule has 0 saturated heterocycles. The van der Waals surface area contributed by atoms with Crippen molar-refractivity contribution in [2.75, 3.05) is 6.54 Å². The van der Waals surface area contributed by atoms with Crippen molar-refractivity contribution in [3.8, 4) is 0 Å². The topological polar surface area (TPSA) is 71.3 Å². The molecule has 0 spiro atoms. The predicted molar refractivity (Wildman–Crippen MR) is 103 cm³/mol. The van der Waals surface area contributed by atoms with Gasteiger partial charge >= 0.3 is 6.03 Å².